The summed E-state index contributed by atoms with van der Waals surface area (Å²) in [4.78, 5) is 0. The fourth-order valence-corrected chi connectivity index (χ4v) is 5.65. The second-order valence-electron chi connectivity index (χ2n) is 6.96. The van der Waals surface area contributed by atoms with Crippen LogP contribution in [0.2, 0.25) is 0 Å². The second kappa shape index (κ2) is 2.82. The Morgan fingerprint density at radius 3 is 2.72 bits per heavy atom. The standard InChI is InChI=1S/C15H19BrO2/c1-9-7-11-14-8-10(9)17-13(14,4)5-6-15(16,18-11)12(14,2)3/h5-6,10-11H,1,7-8H2,2-4H3/t10?,11?,13-,14+,15?/m1/s1. The van der Waals surface area contributed by atoms with Crippen LogP contribution in [-0.2, 0) is 9.47 Å². The molecule has 2 nitrogen and oxygen atoms in total. The Hall–Kier alpha value is -0.120. The van der Waals surface area contributed by atoms with Crippen molar-refractivity contribution in [3.8, 4) is 0 Å². The third kappa shape index (κ3) is 0.889. The van der Waals surface area contributed by atoms with E-state index in [9.17, 15) is 0 Å². The molecular formula is C15H19BrO2. The highest BCUT2D eigenvalue weighted by Crippen LogP contribution is 2.75. The Bertz CT molecular complexity index is 497. The maximum Gasteiger partial charge on any atom is 0.147 e. The maximum absolute atomic E-state index is 6.40. The lowest BCUT2D eigenvalue weighted by molar-refractivity contribution is -0.0729. The molecule has 2 saturated heterocycles. The zero-order valence-electron chi connectivity index (χ0n) is 11.1. The molecule has 1 saturated carbocycles. The van der Waals surface area contributed by atoms with Crippen molar-refractivity contribution in [2.24, 2.45) is 10.8 Å². The number of hydrogen-bond donors (Lipinski definition) is 0. The van der Waals surface area contributed by atoms with Gasteiger partial charge in [-0.05, 0) is 47.3 Å². The second-order valence-corrected chi connectivity index (χ2v) is 8.14. The van der Waals surface area contributed by atoms with Crippen molar-refractivity contribution in [3.63, 3.8) is 0 Å². The first-order valence-electron chi connectivity index (χ1n) is 6.68. The third-order valence-electron chi connectivity index (χ3n) is 6.13. The SMILES string of the molecule is C=C1CC2OC3(Br)C=C[C@@]4(C)OC1C[C@@]24C3(C)C. The highest BCUT2D eigenvalue weighted by atomic mass is 79.9. The van der Waals surface area contributed by atoms with E-state index >= 15 is 0 Å². The topological polar surface area (TPSA) is 18.5 Å². The van der Waals surface area contributed by atoms with Gasteiger partial charge in [-0.15, -0.1) is 0 Å². The van der Waals surface area contributed by atoms with Crippen LogP contribution < -0.4 is 0 Å². The monoisotopic (exact) mass is 310 g/mol. The average molecular weight is 311 g/mol. The molecule has 0 amide bonds. The summed E-state index contributed by atoms with van der Waals surface area (Å²) in [6.07, 6.45) is 6.74. The quantitative estimate of drug-likeness (QED) is 0.503. The molecule has 3 heteroatoms. The van der Waals surface area contributed by atoms with Gasteiger partial charge in [0, 0.05) is 10.8 Å². The highest BCUT2D eigenvalue weighted by molar-refractivity contribution is 9.10. The third-order valence-corrected chi connectivity index (χ3v) is 7.57. The Morgan fingerprint density at radius 2 is 2.00 bits per heavy atom. The molecule has 0 aromatic heterocycles. The van der Waals surface area contributed by atoms with Gasteiger partial charge in [0.05, 0.1) is 17.8 Å². The van der Waals surface area contributed by atoms with E-state index in [-0.39, 0.29) is 33.1 Å². The Morgan fingerprint density at radius 1 is 1.28 bits per heavy atom. The Kier molecular flexibility index (Phi) is 1.83. The predicted molar refractivity (Wildman–Crippen MR) is 73.5 cm³/mol. The zero-order valence-corrected chi connectivity index (χ0v) is 12.7. The average Bonchev–Trinajstić information content (AvgIpc) is 2.61. The van der Waals surface area contributed by atoms with Crippen LogP contribution in [0, 0.1) is 10.8 Å². The molecule has 18 heavy (non-hydrogen) atoms. The van der Waals surface area contributed by atoms with Crippen molar-refractivity contribution in [2.45, 2.75) is 55.9 Å². The number of halogens is 1. The van der Waals surface area contributed by atoms with Crippen molar-refractivity contribution in [1.82, 2.24) is 0 Å². The molecule has 0 aromatic carbocycles. The van der Waals surface area contributed by atoms with E-state index in [1.807, 2.05) is 0 Å². The molecule has 1 spiro atoms. The maximum atomic E-state index is 6.40. The summed E-state index contributed by atoms with van der Waals surface area (Å²) < 4.78 is 12.4. The molecule has 3 bridgehead atoms. The number of ether oxygens (including phenoxy) is 2. The summed E-state index contributed by atoms with van der Waals surface area (Å²) in [6, 6.07) is 0. The molecule has 2 heterocycles. The molecule has 0 radical (unpaired) electrons. The largest absolute Gasteiger partial charge is 0.363 e. The van der Waals surface area contributed by atoms with Crippen LogP contribution in [0.15, 0.2) is 24.3 Å². The van der Waals surface area contributed by atoms with Gasteiger partial charge in [0.1, 0.15) is 4.51 Å². The van der Waals surface area contributed by atoms with Gasteiger partial charge < -0.3 is 9.47 Å². The van der Waals surface area contributed by atoms with Gasteiger partial charge >= 0.3 is 0 Å². The van der Waals surface area contributed by atoms with Crippen LogP contribution in [-0.4, -0.2) is 22.3 Å². The van der Waals surface area contributed by atoms with Gasteiger partial charge in [-0.25, -0.2) is 0 Å². The number of rotatable bonds is 0. The summed E-state index contributed by atoms with van der Waals surface area (Å²) in [5.41, 5.74) is 1.05. The van der Waals surface area contributed by atoms with Crippen molar-refractivity contribution < 1.29 is 9.47 Å². The van der Waals surface area contributed by atoms with E-state index in [2.05, 4.69) is 55.4 Å². The number of hydrogen-bond acceptors (Lipinski definition) is 2. The molecule has 2 aliphatic heterocycles. The van der Waals surface area contributed by atoms with Crippen molar-refractivity contribution in [2.75, 3.05) is 0 Å². The summed E-state index contributed by atoms with van der Waals surface area (Å²) in [6.45, 7) is 11.0. The van der Waals surface area contributed by atoms with Gasteiger partial charge in [0.25, 0.3) is 0 Å². The summed E-state index contributed by atoms with van der Waals surface area (Å²) in [5.74, 6) is 0. The smallest absolute Gasteiger partial charge is 0.147 e. The van der Waals surface area contributed by atoms with E-state index in [0.717, 1.165) is 12.8 Å². The van der Waals surface area contributed by atoms with Crippen molar-refractivity contribution in [1.29, 1.82) is 0 Å². The fourth-order valence-electron chi connectivity index (χ4n) is 4.94. The summed E-state index contributed by atoms with van der Waals surface area (Å²) >= 11 is 3.84. The first-order valence-corrected chi connectivity index (χ1v) is 7.48. The van der Waals surface area contributed by atoms with Crippen LogP contribution in [0.5, 0.6) is 0 Å². The Labute approximate surface area is 117 Å². The van der Waals surface area contributed by atoms with Crippen LogP contribution >= 0.6 is 15.9 Å². The molecule has 4 aliphatic rings. The Balaban J connectivity index is 2.03. The van der Waals surface area contributed by atoms with Gasteiger partial charge in [-0.2, -0.15) is 0 Å². The molecular weight excluding hydrogens is 292 g/mol. The van der Waals surface area contributed by atoms with Crippen LogP contribution in [0.25, 0.3) is 0 Å². The van der Waals surface area contributed by atoms with E-state index in [0.29, 0.717) is 0 Å². The van der Waals surface area contributed by atoms with Crippen LogP contribution in [0.3, 0.4) is 0 Å². The molecule has 0 aromatic rings. The van der Waals surface area contributed by atoms with Crippen molar-refractivity contribution in [3.05, 3.63) is 24.3 Å². The predicted octanol–water partition coefficient (Wildman–Crippen LogP) is 3.57. The van der Waals surface area contributed by atoms with Crippen LogP contribution in [0.1, 0.15) is 33.6 Å². The van der Waals surface area contributed by atoms with Gasteiger partial charge in [-0.1, -0.05) is 26.5 Å². The highest BCUT2D eigenvalue weighted by Gasteiger charge is 2.79. The van der Waals surface area contributed by atoms with Crippen molar-refractivity contribution >= 4 is 15.9 Å². The van der Waals surface area contributed by atoms with E-state index < -0.39 is 0 Å². The minimum absolute atomic E-state index is 0.0175. The molecule has 3 fully saturated rings. The first-order chi connectivity index (χ1) is 8.26. The molecule has 4 rings (SSSR count). The normalized spacial score (nSPS) is 59.2. The molecule has 3 unspecified atom stereocenters. The summed E-state index contributed by atoms with van der Waals surface area (Å²) in [5, 5.41) is 0. The number of fused-ring (bicyclic) bond motifs is 2. The lowest BCUT2D eigenvalue weighted by Gasteiger charge is -2.53. The van der Waals surface area contributed by atoms with E-state index in [1.165, 1.54) is 5.57 Å². The lowest BCUT2D eigenvalue weighted by atomic mass is 9.49. The number of alkyl halides is 1. The molecule has 98 valence electrons. The van der Waals surface area contributed by atoms with Gasteiger partial charge in [0.2, 0.25) is 0 Å². The fraction of sp³-hybridized carbons (Fsp3) is 0.733. The van der Waals surface area contributed by atoms with Crippen LogP contribution in [0.4, 0.5) is 0 Å². The summed E-state index contributed by atoms with van der Waals surface area (Å²) in [7, 11) is 0. The van der Waals surface area contributed by atoms with Gasteiger partial charge in [0.15, 0.2) is 0 Å². The van der Waals surface area contributed by atoms with E-state index in [4.69, 9.17) is 9.47 Å². The molecule has 5 atom stereocenters. The minimum Gasteiger partial charge on any atom is -0.363 e. The minimum atomic E-state index is -0.354. The lowest BCUT2D eigenvalue weighted by Crippen LogP contribution is -2.58. The zero-order chi connectivity index (χ0) is 13.0. The molecule has 2 aliphatic carbocycles. The van der Waals surface area contributed by atoms with Gasteiger partial charge in [-0.3, -0.25) is 0 Å². The molecule has 0 N–H and O–H groups in total. The first kappa shape index (κ1) is 11.7. The van der Waals surface area contributed by atoms with E-state index in [1.54, 1.807) is 0 Å².